The number of ether oxygens (including phenoxy) is 3. The molecule has 4 rings (SSSR count). The fourth-order valence-corrected chi connectivity index (χ4v) is 3.65. The molecule has 1 fully saturated rings. The molecule has 6 nitrogen and oxygen atoms in total. The van der Waals surface area contributed by atoms with Gasteiger partial charge in [0.05, 0.1) is 19.3 Å². The van der Waals surface area contributed by atoms with Crippen molar-refractivity contribution in [1.29, 1.82) is 0 Å². The van der Waals surface area contributed by atoms with Crippen LogP contribution in [0, 0.1) is 0 Å². The van der Waals surface area contributed by atoms with Gasteiger partial charge in [0.2, 0.25) is 5.79 Å². The molecule has 0 atom stereocenters. The van der Waals surface area contributed by atoms with E-state index in [2.05, 4.69) is 5.32 Å². The lowest BCUT2D eigenvalue weighted by atomic mass is 10.0. The van der Waals surface area contributed by atoms with Gasteiger partial charge < -0.3 is 24.4 Å². The number of hydrogen-bond acceptors (Lipinski definition) is 4. The molecule has 1 N–H and O–H groups in total. The van der Waals surface area contributed by atoms with E-state index < -0.39 is 23.6 Å². The summed E-state index contributed by atoms with van der Waals surface area (Å²) in [5.74, 6) is 0.419. The topological polar surface area (TPSA) is 60.0 Å². The molecule has 0 aliphatic carbocycles. The first-order valence-electron chi connectivity index (χ1n) is 9.52. The third-order valence-electron chi connectivity index (χ3n) is 5.31. The van der Waals surface area contributed by atoms with E-state index in [9.17, 15) is 18.0 Å². The summed E-state index contributed by atoms with van der Waals surface area (Å²) in [7, 11) is 1.57. The minimum atomic E-state index is -4.47. The molecule has 2 heterocycles. The lowest BCUT2D eigenvalue weighted by Crippen LogP contribution is -2.53. The number of halogens is 3. The molecular weight excluding hydrogens is 401 g/mol. The van der Waals surface area contributed by atoms with Crippen LogP contribution in [-0.4, -0.2) is 36.9 Å². The van der Waals surface area contributed by atoms with Crippen LogP contribution in [0.2, 0.25) is 0 Å². The number of fused-ring (bicyclic) bond motifs is 1. The third kappa shape index (κ3) is 4.02. The van der Waals surface area contributed by atoms with Crippen molar-refractivity contribution in [2.45, 2.75) is 31.4 Å². The summed E-state index contributed by atoms with van der Waals surface area (Å²) in [6, 6.07) is 9.69. The van der Waals surface area contributed by atoms with Crippen LogP contribution in [0.1, 0.15) is 24.0 Å². The Morgan fingerprint density at radius 1 is 1.17 bits per heavy atom. The zero-order chi connectivity index (χ0) is 21.4. The van der Waals surface area contributed by atoms with E-state index in [1.165, 1.54) is 17.0 Å². The molecule has 0 radical (unpaired) electrons. The van der Waals surface area contributed by atoms with E-state index in [0.29, 0.717) is 44.0 Å². The molecule has 9 heteroatoms. The average molecular weight is 422 g/mol. The first kappa shape index (κ1) is 20.3. The minimum absolute atomic E-state index is 0.0962. The number of likely N-dealkylation sites (tertiary alicyclic amines) is 1. The van der Waals surface area contributed by atoms with Crippen molar-refractivity contribution in [1.82, 2.24) is 4.90 Å². The summed E-state index contributed by atoms with van der Waals surface area (Å²) in [5, 5.41) is 2.53. The van der Waals surface area contributed by atoms with Crippen LogP contribution in [0.25, 0.3) is 0 Å². The van der Waals surface area contributed by atoms with Crippen molar-refractivity contribution >= 4 is 11.7 Å². The van der Waals surface area contributed by atoms with Gasteiger partial charge in [-0.15, -0.1) is 0 Å². The number of nitrogens with one attached hydrogen (secondary N) is 1. The summed E-state index contributed by atoms with van der Waals surface area (Å²) < 4.78 is 56.1. The Morgan fingerprint density at radius 3 is 2.60 bits per heavy atom. The molecule has 160 valence electrons. The number of nitrogens with zero attached hydrogens (tertiary/aromatic N) is 1. The Labute approximate surface area is 171 Å². The van der Waals surface area contributed by atoms with Gasteiger partial charge in [-0.2, -0.15) is 13.2 Å². The van der Waals surface area contributed by atoms with E-state index in [0.717, 1.165) is 17.7 Å². The van der Waals surface area contributed by atoms with E-state index in [1.54, 1.807) is 7.11 Å². The fourth-order valence-electron chi connectivity index (χ4n) is 3.65. The second-order valence-electron chi connectivity index (χ2n) is 7.25. The standard InChI is InChI=1S/C21H21F3N2O4/c1-28-17-7-2-4-14-13-29-20(30-18(14)17)8-10-26(11-9-20)19(27)25-16-6-3-5-15(12-16)21(22,23)24/h2-7,12H,8-11,13H2,1H3,(H,25,27). The minimum Gasteiger partial charge on any atom is -0.493 e. The molecule has 30 heavy (non-hydrogen) atoms. The molecular formula is C21H21F3N2O4. The van der Waals surface area contributed by atoms with Gasteiger partial charge >= 0.3 is 12.2 Å². The normalized spacial score (nSPS) is 17.8. The fraction of sp³-hybridized carbons (Fsp3) is 0.381. The first-order valence-corrected chi connectivity index (χ1v) is 9.52. The summed E-state index contributed by atoms with van der Waals surface area (Å²) in [6.45, 7) is 1.06. The maximum Gasteiger partial charge on any atom is 0.416 e. The number of amides is 2. The predicted octanol–water partition coefficient (Wildman–Crippen LogP) is 4.65. The number of hydrogen-bond donors (Lipinski definition) is 1. The second kappa shape index (κ2) is 7.71. The lowest BCUT2D eigenvalue weighted by molar-refractivity contribution is -0.225. The van der Waals surface area contributed by atoms with Crippen LogP contribution >= 0.6 is 0 Å². The Balaban J connectivity index is 1.40. The van der Waals surface area contributed by atoms with Gasteiger partial charge in [0.25, 0.3) is 0 Å². The molecule has 2 aromatic rings. The number of benzene rings is 2. The van der Waals surface area contributed by atoms with E-state index >= 15 is 0 Å². The third-order valence-corrected chi connectivity index (χ3v) is 5.31. The zero-order valence-corrected chi connectivity index (χ0v) is 16.3. The molecule has 2 amide bonds. The Bertz CT molecular complexity index is 926. The van der Waals surface area contributed by atoms with Gasteiger partial charge in [-0.25, -0.2) is 4.79 Å². The van der Waals surface area contributed by atoms with Crippen LogP contribution in [0.15, 0.2) is 42.5 Å². The van der Waals surface area contributed by atoms with E-state index in [4.69, 9.17) is 14.2 Å². The van der Waals surface area contributed by atoms with Gasteiger partial charge in [0.15, 0.2) is 11.5 Å². The van der Waals surface area contributed by atoms with Gasteiger partial charge in [0, 0.05) is 37.2 Å². The molecule has 0 aromatic heterocycles. The van der Waals surface area contributed by atoms with Crippen molar-refractivity contribution in [2.75, 3.05) is 25.5 Å². The van der Waals surface area contributed by atoms with Crippen molar-refractivity contribution < 1.29 is 32.2 Å². The van der Waals surface area contributed by atoms with E-state index in [1.807, 2.05) is 18.2 Å². The second-order valence-corrected chi connectivity index (χ2v) is 7.25. The maximum absolute atomic E-state index is 12.9. The number of rotatable bonds is 2. The highest BCUT2D eigenvalue weighted by molar-refractivity contribution is 5.89. The number of anilines is 1. The largest absolute Gasteiger partial charge is 0.493 e. The summed E-state index contributed by atoms with van der Waals surface area (Å²) in [6.07, 6.45) is -3.60. The summed E-state index contributed by atoms with van der Waals surface area (Å²) in [5.41, 5.74) is 0.179. The number of urea groups is 1. The van der Waals surface area contributed by atoms with Crippen molar-refractivity contribution in [3.05, 3.63) is 53.6 Å². The van der Waals surface area contributed by atoms with Crippen molar-refractivity contribution in [3.63, 3.8) is 0 Å². The van der Waals surface area contributed by atoms with Gasteiger partial charge in [-0.1, -0.05) is 18.2 Å². The molecule has 2 aromatic carbocycles. The molecule has 1 saturated heterocycles. The highest BCUT2D eigenvalue weighted by Gasteiger charge is 2.42. The Morgan fingerprint density at radius 2 is 1.90 bits per heavy atom. The van der Waals surface area contributed by atoms with Crippen molar-refractivity contribution in [3.8, 4) is 11.5 Å². The zero-order valence-electron chi connectivity index (χ0n) is 16.3. The smallest absolute Gasteiger partial charge is 0.416 e. The molecule has 0 unspecified atom stereocenters. The van der Waals surface area contributed by atoms with Gasteiger partial charge in [-0.3, -0.25) is 0 Å². The highest BCUT2D eigenvalue weighted by atomic mass is 19.4. The molecule has 0 saturated carbocycles. The SMILES string of the molecule is COc1cccc2c1OC1(CCN(C(=O)Nc3cccc(C(F)(F)F)c3)CC1)OC2. The average Bonchev–Trinajstić information content (AvgIpc) is 2.73. The van der Waals surface area contributed by atoms with Crippen LogP contribution in [0.4, 0.5) is 23.7 Å². The lowest BCUT2D eigenvalue weighted by Gasteiger charge is -2.44. The number of para-hydroxylation sites is 1. The predicted molar refractivity (Wildman–Crippen MR) is 102 cm³/mol. The Kier molecular flexibility index (Phi) is 5.23. The van der Waals surface area contributed by atoms with Crippen LogP contribution in [-0.2, 0) is 17.5 Å². The summed E-state index contributed by atoms with van der Waals surface area (Å²) in [4.78, 5) is 14.1. The number of carbonyl (C=O) groups is 1. The van der Waals surface area contributed by atoms with Gasteiger partial charge in [0.1, 0.15) is 0 Å². The van der Waals surface area contributed by atoms with Crippen LogP contribution in [0.3, 0.4) is 0 Å². The quantitative estimate of drug-likeness (QED) is 0.766. The monoisotopic (exact) mass is 422 g/mol. The molecule has 0 bridgehead atoms. The number of alkyl halides is 3. The maximum atomic E-state index is 12.9. The van der Waals surface area contributed by atoms with Crippen molar-refractivity contribution in [2.24, 2.45) is 0 Å². The van der Waals surface area contributed by atoms with Gasteiger partial charge in [-0.05, 0) is 24.3 Å². The van der Waals surface area contributed by atoms with E-state index in [-0.39, 0.29) is 5.69 Å². The molecule has 2 aliphatic rings. The number of carbonyl (C=O) groups excluding carboxylic acids is 1. The Hall–Kier alpha value is -2.94. The summed E-state index contributed by atoms with van der Waals surface area (Å²) >= 11 is 0. The van der Waals surface area contributed by atoms with Crippen LogP contribution < -0.4 is 14.8 Å². The molecule has 2 aliphatic heterocycles. The number of piperidine rings is 1. The molecule has 1 spiro atoms. The number of methoxy groups -OCH3 is 1. The van der Waals surface area contributed by atoms with Crippen LogP contribution in [0.5, 0.6) is 11.5 Å². The highest BCUT2D eigenvalue weighted by Crippen LogP contribution is 2.42. The first-order chi connectivity index (χ1) is 14.3.